The van der Waals surface area contributed by atoms with Crippen LogP contribution in [0.1, 0.15) is 30.9 Å². The Morgan fingerprint density at radius 1 is 1.16 bits per heavy atom. The van der Waals surface area contributed by atoms with E-state index in [-0.39, 0.29) is 18.9 Å². The normalized spacial score (nSPS) is 16.3. The first-order valence-electron chi connectivity index (χ1n) is 10.1. The van der Waals surface area contributed by atoms with Gasteiger partial charge in [0.05, 0.1) is 6.54 Å². The molecule has 1 aliphatic heterocycles. The van der Waals surface area contributed by atoms with E-state index in [1.807, 2.05) is 6.92 Å². The second kappa shape index (κ2) is 9.49. The molecule has 32 heavy (non-hydrogen) atoms. The molecule has 3 rings (SSSR count). The highest BCUT2D eigenvalue weighted by Crippen LogP contribution is 2.23. The third-order valence-electron chi connectivity index (χ3n) is 5.38. The fraction of sp³-hybridized carbons (Fsp3) is 0.429. The third kappa shape index (κ3) is 5.14. The molecule has 3 amide bonds. The van der Waals surface area contributed by atoms with Crippen molar-refractivity contribution in [2.75, 3.05) is 13.1 Å². The van der Waals surface area contributed by atoms with Gasteiger partial charge in [-0.05, 0) is 47.9 Å². The zero-order chi connectivity index (χ0) is 23.5. The number of halogens is 4. The lowest BCUT2D eigenvalue weighted by molar-refractivity contribution is -0.174. The van der Waals surface area contributed by atoms with Gasteiger partial charge in [-0.25, -0.2) is 4.39 Å². The van der Waals surface area contributed by atoms with Crippen LogP contribution in [-0.2, 0) is 27.3 Å². The summed E-state index contributed by atoms with van der Waals surface area (Å²) in [4.78, 5) is 41.1. The molecule has 0 saturated carbocycles. The van der Waals surface area contributed by atoms with Crippen molar-refractivity contribution in [3.05, 3.63) is 41.5 Å². The van der Waals surface area contributed by atoms with Crippen LogP contribution >= 0.6 is 0 Å². The van der Waals surface area contributed by atoms with Crippen molar-refractivity contribution in [2.45, 2.75) is 44.9 Å². The number of likely N-dealkylation sites (tertiary alicyclic amines) is 1. The molecule has 11 heteroatoms. The predicted octanol–water partition coefficient (Wildman–Crippen LogP) is 2.22. The Balaban J connectivity index is 1.65. The Hall–Kier alpha value is -3.24. The number of nitrogens with zero attached hydrogens (tertiary/aromatic N) is 2. The fourth-order valence-corrected chi connectivity index (χ4v) is 3.71. The molecule has 2 heterocycles. The van der Waals surface area contributed by atoms with Crippen LogP contribution in [0.25, 0.3) is 10.8 Å². The van der Waals surface area contributed by atoms with E-state index in [1.165, 1.54) is 17.6 Å². The van der Waals surface area contributed by atoms with Crippen LogP contribution in [-0.4, -0.2) is 52.9 Å². The molecular formula is C21H22F4N4O3. The summed E-state index contributed by atoms with van der Waals surface area (Å²) < 4.78 is 51.1. The van der Waals surface area contributed by atoms with Crippen molar-refractivity contribution in [3.63, 3.8) is 0 Å². The van der Waals surface area contributed by atoms with E-state index in [9.17, 15) is 31.9 Å². The predicted molar refractivity (Wildman–Crippen MR) is 107 cm³/mol. The molecule has 1 unspecified atom stereocenters. The number of hydrogen-bond acceptors (Lipinski definition) is 4. The number of aromatic nitrogens is 1. The molecule has 2 aromatic rings. The van der Waals surface area contributed by atoms with E-state index in [1.54, 1.807) is 12.3 Å². The quantitative estimate of drug-likeness (QED) is 0.655. The number of carbonyl (C=O) groups is 3. The Morgan fingerprint density at radius 3 is 2.59 bits per heavy atom. The Bertz CT molecular complexity index is 1040. The molecule has 1 saturated heterocycles. The van der Waals surface area contributed by atoms with E-state index in [2.05, 4.69) is 10.3 Å². The molecule has 0 bridgehead atoms. The van der Waals surface area contributed by atoms with Gasteiger partial charge in [0.2, 0.25) is 11.8 Å². The summed E-state index contributed by atoms with van der Waals surface area (Å²) in [6.07, 6.45) is -0.613. The number of benzene rings is 1. The molecule has 1 atom stereocenters. The van der Waals surface area contributed by atoms with Gasteiger partial charge < -0.3 is 15.5 Å². The molecule has 0 radical (unpaired) electrons. The van der Waals surface area contributed by atoms with Crippen molar-refractivity contribution in [2.24, 2.45) is 0 Å². The number of nitrogens with one attached hydrogen (secondary N) is 2. The molecule has 7 nitrogen and oxygen atoms in total. The van der Waals surface area contributed by atoms with Gasteiger partial charge in [-0.3, -0.25) is 19.4 Å². The van der Waals surface area contributed by atoms with Gasteiger partial charge in [-0.2, -0.15) is 13.2 Å². The molecule has 172 valence electrons. The van der Waals surface area contributed by atoms with Crippen LogP contribution in [0.3, 0.4) is 0 Å². The van der Waals surface area contributed by atoms with Crippen molar-refractivity contribution >= 4 is 28.5 Å². The van der Waals surface area contributed by atoms with E-state index in [0.717, 1.165) is 10.3 Å². The van der Waals surface area contributed by atoms with Crippen LogP contribution in [0.4, 0.5) is 17.6 Å². The van der Waals surface area contributed by atoms with Gasteiger partial charge in [0.1, 0.15) is 11.9 Å². The largest absolute Gasteiger partial charge is 0.471 e. The number of alkyl halides is 3. The average molecular weight is 454 g/mol. The minimum absolute atomic E-state index is 0.0391. The zero-order valence-corrected chi connectivity index (χ0v) is 17.3. The first-order valence-corrected chi connectivity index (χ1v) is 10.1. The van der Waals surface area contributed by atoms with E-state index in [0.29, 0.717) is 35.8 Å². The smallest absolute Gasteiger partial charge is 0.350 e. The lowest BCUT2D eigenvalue weighted by Crippen LogP contribution is -2.50. The molecule has 1 aromatic carbocycles. The maximum Gasteiger partial charge on any atom is 0.471 e. The minimum Gasteiger partial charge on any atom is -0.350 e. The number of hydrogen-bond donors (Lipinski definition) is 2. The zero-order valence-electron chi connectivity index (χ0n) is 17.3. The van der Waals surface area contributed by atoms with Gasteiger partial charge >= 0.3 is 12.1 Å². The number of aryl methyl sites for hydroxylation is 1. The standard InChI is InChI=1S/C21H22F4N4O3/c1-2-12-6-13-8-26-9-14(15(13)7-16(12)22)10-27-19(31)17-4-3-5-29(17)18(30)11-28-20(32)21(23,24)25/h6-9,17H,2-5,10-11H2,1H3,(H,27,31)(H,28,32). The number of pyridine rings is 1. The highest BCUT2D eigenvalue weighted by Gasteiger charge is 2.40. The highest BCUT2D eigenvalue weighted by atomic mass is 19.4. The summed E-state index contributed by atoms with van der Waals surface area (Å²) in [5.41, 5.74) is 1.14. The first-order chi connectivity index (χ1) is 15.1. The average Bonchev–Trinajstić information content (AvgIpc) is 3.24. The molecular weight excluding hydrogens is 432 g/mol. The summed E-state index contributed by atoms with van der Waals surface area (Å²) in [6, 6.07) is 2.23. The van der Waals surface area contributed by atoms with Crippen molar-refractivity contribution in [1.29, 1.82) is 0 Å². The molecule has 0 aliphatic carbocycles. The second-order valence-corrected chi connectivity index (χ2v) is 7.46. The fourth-order valence-electron chi connectivity index (χ4n) is 3.71. The molecule has 1 aliphatic rings. The van der Waals surface area contributed by atoms with E-state index >= 15 is 0 Å². The van der Waals surface area contributed by atoms with Crippen LogP contribution < -0.4 is 10.6 Å². The van der Waals surface area contributed by atoms with Crippen molar-refractivity contribution < 1.29 is 31.9 Å². The van der Waals surface area contributed by atoms with Crippen LogP contribution in [0.5, 0.6) is 0 Å². The van der Waals surface area contributed by atoms with Crippen molar-refractivity contribution in [3.8, 4) is 0 Å². The van der Waals surface area contributed by atoms with Crippen LogP contribution in [0.15, 0.2) is 24.5 Å². The summed E-state index contributed by atoms with van der Waals surface area (Å²) in [7, 11) is 0. The topological polar surface area (TPSA) is 91.4 Å². The summed E-state index contributed by atoms with van der Waals surface area (Å²) in [5.74, 6) is -3.83. The molecule has 1 aromatic heterocycles. The summed E-state index contributed by atoms with van der Waals surface area (Å²) in [6.45, 7) is 1.22. The Kier molecular flexibility index (Phi) is 6.95. The van der Waals surface area contributed by atoms with Gasteiger partial charge in [0.15, 0.2) is 0 Å². The number of amides is 3. The lowest BCUT2D eigenvalue weighted by Gasteiger charge is -2.24. The number of fused-ring (bicyclic) bond motifs is 1. The van der Waals surface area contributed by atoms with E-state index in [4.69, 9.17) is 0 Å². The monoisotopic (exact) mass is 454 g/mol. The third-order valence-corrected chi connectivity index (χ3v) is 5.38. The maximum atomic E-state index is 14.2. The van der Waals surface area contributed by atoms with Gasteiger partial charge in [-0.15, -0.1) is 0 Å². The molecule has 2 N–H and O–H groups in total. The van der Waals surface area contributed by atoms with Gasteiger partial charge in [0, 0.05) is 30.9 Å². The van der Waals surface area contributed by atoms with Crippen LogP contribution in [0.2, 0.25) is 0 Å². The van der Waals surface area contributed by atoms with Gasteiger partial charge in [0.25, 0.3) is 0 Å². The summed E-state index contributed by atoms with van der Waals surface area (Å²) in [5, 5.41) is 5.54. The van der Waals surface area contributed by atoms with Gasteiger partial charge in [-0.1, -0.05) is 6.92 Å². The van der Waals surface area contributed by atoms with Crippen LogP contribution in [0, 0.1) is 5.82 Å². The minimum atomic E-state index is -5.09. The molecule has 1 fully saturated rings. The SMILES string of the molecule is CCc1cc2cncc(CNC(=O)C3CCCN3C(=O)CNC(=O)C(F)(F)F)c2cc1F. The lowest BCUT2D eigenvalue weighted by atomic mass is 10.0. The van der Waals surface area contributed by atoms with E-state index < -0.39 is 36.5 Å². The maximum absolute atomic E-state index is 14.2. The molecule has 0 spiro atoms. The number of carbonyl (C=O) groups excluding carboxylic acids is 3. The highest BCUT2D eigenvalue weighted by molar-refractivity contribution is 5.92. The Labute approximate surface area is 181 Å². The summed E-state index contributed by atoms with van der Waals surface area (Å²) >= 11 is 0. The Morgan fingerprint density at radius 2 is 1.91 bits per heavy atom. The number of rotatable bonds is 6. The second-order valence-electron chi connectivity index (χ2n) is 7.46. The van der Waals surface area contributed by atoms with Crippen molar-refractivity contribution in [1.82, 2.24) is 20.5 Å². The first kappa shape index (κ1) is 23.4.